The molecule has 4 aromatic rings. The van der Waals surface area contributed by atoms with Gasteiger partial charge in [-0.2, -0.15) is 0 Å². The van der Waals surface area contributed by atoms with Crippen LogP contribution in [0.4, 0.5) is 10.5 Å². The predicted octanol–water partition coefficient (Wildman–Crippen LogP) is 6.59. The maximum Gasteiger partial charge on any atom is 0.411 e. The van der Waals surface area contributed by atoms with Crippen molar-refractivity contribution in [1.82, 2.24) is 19.9 Å². The number of para-hydroxylation sites is 1. The molecule has 7 rings (SSSR count). The second-order valence-corrected chi connectivity index (χ2v) is 17.4. The van der Waals surface area contributed by atoms with E-state index in [9.17, 15) is 22.8 Å². The lowest BCUT2D eigenvalue weighted by molar-refractivity contribution is -0.131. The number of hydrogen-bond donors (Lipinski definition) is 3. The summed E-state index contributed by atoms with van der Waals surface area (Å²) in [7, 11) is -2.75. The number of nitrogens with one attached hydrogen (secondary N) is 3. The molecule has 3 aromatic carbocycles. The molecule has 3 heterocycles. The Morgan fingerprint density at radius 1 is 0.982 bits per heavy atom. The lowest BCUT2D eigenvalue weighted by Crippen LogP contribution is -2.56. The molecule has 3 N–H and O–H groups in total. The van der Waals surface area contributed by atoms with E-state index >= 15 is 0 Å². The molecule has 3 aliphatic rings. The maximum atomic E-state index is 14.5. The number of aromatic nitrogens is 1. The summed E-state index contributed by atoms with van der Waals surface area (Å²) in [6.45, 7) is 5.80. The predicted molar refractivity (Wildman–Crippen MR) is 216 cm³/mol. The van der Waals surface area contributed by atoms with E-state index in [2.05, 4.69) is 15.4 Å². The number of anilines is 1. The minimum absolute atomic E-state index is 0.00827. The van der Waals surface area contributed by atoms with Gasteiger partial charge in [0, 0.05) is 42.0 Å². The van der Waals surface area contributed by atoms with Gasteiger partial charge in [0.1, 0.15) is 39.7 Å². The van der Waals surface area contributed by atoms with Gasteiger partial charge in [-0.25, -0.2) is 22.9 Å². The number of likely N-dealkylation sites (tertiary alicyclic amines) is 1. The molecule has 1 saturated heterocycles. The molecule has 2 aliphatic heterocycles. The molecular weight excluding hydrogens is 747 g/mol. The summed E-state index contributed by atoms with van der Waals surface area (Å²) >= 11 is 0. The van der Waals surface area contributed by atoms with Crippen molar-refractivity contribution in [3.05, 3.63) is 91.0 Å². The van der Waals surface area contributed by atoms with Crippen molar-refractivity contribution in [2.45, 2.75) is 87.5 Å². The Morgan fingerprint density at radius 3 is 2.53 bits per heavy atom. The Balaban J connectivity index is 1.19. The van der Waals surface area contributed by atoms with Crippen molar-refractivity contribution < 1.29 is 37.0 Å². The molecule has 0 radical (unpaired) electrons. The second kappa shape index (κ2) is 16.1. The minimum atomic E-state index is -4.34. The summed E-state index contributed by atoms with van der Waals surface area (Å²) in [5, 5.41) is 6.81. The number of ether oxygens (including phenoxy) is 3. The third-order valence-electron chi connectivity index (χ3n) is 10.4. The van der Waals surface area contributed by atoms with E-state index in [1.54, 1.807) is 46.1 Å². The van der Waals surface area contributed by atoms with Gasteiger partial charge in [-0.1, -0.05) is 61.0 Å². The number of methoxy groups -OCH3 is 1. The summed E-state index contributed by atoms with van der Waals surface area (Å²) in [6, 6.07) is 22.3. The topological polar surface area (TPSA) is 165 Å². The fraction of sp³-hybridized carbons (Fsp3) is 0.395. The van der Waals surface area contributed by atoms with Gasteiger partial charge in [0.15, 0.2) is 0 Å². The Labute approximate surface area is 333 Å². The first kappa shape index (κ1) is 39.6. The first-order valence-corrected chi connectivity index (χ1v) is 20.8. The van der Waals surface area contributed by atoms with Gasteiger partial charge in [-0.05, 0) is 70.7 Å². The molecule has 300 valence electrons. The molecule has 13 nitrogen and oxygen atoms in total. The number of fused-ring (bicyclic) bond motifs is 3. The molecule has 0 unspecified atom stereocenters. The monoisotopic (exact) mass is 795 g/mol. The maximum absolute atomic E-state index is 14.5. The summed E-state index contributed by atoms with van der Waals surface area (Å²) in [6.07, 6.45) is 6.19. The number of hydrogen-bond acceptors (Lipinski definition) is 10. The highest BCUT2D eigenvalue weighted by Gasteiger charge is 2.61. The van der Waals surface area contributed by atoms with Gasteiger partial charge in [-0.3, -0.25) is 14.5 Å². The zero-order valence-corrected chi connectivity index (χ0v) is 33.4. The quantitative estimate of drug-likeness (QED) is 0.181. The van der Waals surface area contributed by atoms with E-state index in [0.717, 1.165) is 31.2 Å². The Morgan fingerprint density at radius 2 is 1.75 bits per heavy atom. The zero-order chi connectivity index (χ0) is 40.4. The highest BCUT2D eigenvalue weighted by atomic mass is 32.2. The zero-order valence-electron chi connectivity index (χ0n) is 32.6. The summed E-state index contributed by atoms with van der Waals surface area (Å²) in [5.41, 5.74) is 0.134. The van der Waals surface area contributed by atoms with E-state index in [4.69, 9.17) is 19.2 Å². The second-order valence-electron chi connectivity index (χ2n) is 15.8. The van der Waals surface area contributed by atoms with Crippen molar-refractivity contribution in [3.63, 3.8) is 0 Å². The van der Waals surface area contributed by atoms with E-state index in [1.165, 1.54) is 11.0 Å². The number of rotatable bonds is 6. The Bertz CT molecular complexity index is 2290. The molecule has 1 saturated carbocycles. The third kappa shape index (κ3) is 8.85. The molecule has 1 aromatic heterocycles. The molecule has 0 spiro atoms. The van der Waals surface area contributed by atoms with Crippen LogP contribution in [0.15, 0.2) is 95.9 Å². The number of pyridine rings is 1. The fourth-order valence-corrected chi connectivity index (χ4v) is 8.66. The molecule has 0 bridgehead atoms. The number of carbonyl (C=O) groups excluding carboxylic acids is 3. The Hall–Kier alpha value is -5.63. The number of sulfonamides is 1. The van der Waals surface area contributed by atoms with E-state index in [0.29, 0.717) is 40.3 Å². The Kier molecular flexibility index (Phi) is 11.2. The van der Waals surface area contributed by atoms with Crippen LogP contribution >= 0.6 is 0 Å². The van der Waals surface area contributed by atoms with Crippen molar-refractivity contribution >= 4 is 44.5 Å². The van der Waals surface area contributed by atoms with Gasteiger partial charge in [0.25, 0.3) is 15.9 Å². The molecule has 2 fully saturated rings. The molecular formula is C43H49N5O8S. The van der Waals surface area contributed by atoms with Crippen LogP contribution in [0.3, 0.4) is 0 Å². The fourth-order valence-electron chi connectivity index (χ4n) is 7.44. The van der Waals surface area contributed by atoms with Crippen LogP contribution in [0, 0.1) is 5.92 Å². The van der Waals surface area contributed by atoms with E-state index in [-0.39, 0.29) is 24.3 Å². The number of amides is 3. The van der Waals surface area contributed by atoms with Crippen molar-refractivity contribution in [1.29, 1.82) is 0 Å². The van der Waals surface area contributed by atoms with Gasteiger partial charge in [-0.15, -0.1) is 0 Å². The summed E-state index contributed by atoms with van der Waals surface area (Å²) in [5.74, 6) is -0.806. The normalized spacial score (nSPS) is 23.4. The first-order valence-electron chi connectivity index (χ1n) is 19.4. The molecule has 3 amide bonds. The molecule has 14 heteroatoms. The van der Waals surface area contributed by atoms with Crippen molar-refractivity contribution in [2.75, 3.05) is 25.5 Å². The van der Waals surface area contributed by atoms with Crippen LogP contribution in [0.5, 0.6) is 11.5 Å². The molecule has 4 atom stereocenters. The summed E-state index contributed by atoms with van der Waals surface area (Å²) < 4.78 is 47.6. The van der Waals surface area contributed by atoms with E-state index < -0.39 is 57.1 Å². The lowest BCUT2D eigenvalue weighted by atomic mass is 10.1. The average Bonchev–Trinajstić information content (AvgIpc) is 3.71. The van der Waals surface area contributed by atoms with Gasteiger partial charge >= 0.3 is 6.09 Å². The highest BCUT2D eigenvalue weighted by Crippen LogP contribution is 2.46. The number of nitrogens with zero attached hydrogens (tertiary/aromatic N) is 2. The molecule has 1 aliphatic carbocycles. The lowest BCUT2D eigenvalue weighted by Gasteiger charge is -2.29. The van der Waals surface area contributed by atoms with Gasteiger partial charge in [0.2, 0.25) is 5.91 Å². The van der Waals surface area contributed by atoms with Crippen LogP contribution in [-0.4, -0.2) is 79.7 Å². The smallest absolute Gasteiger partial charge is 0.411 e. The van der Waals surface area contributed by atoms with Crippen LogP contribution < -0.4 is 24.8 Å². The van der Waals surface area contributed by atoms with E-state index in [1.807, 2.05) is 66.7 Å². The number of allylic oxidation sites excluding steroid dienone is 1. The number of carbonyl (C=O) groups is 3. The van der Waals surface area contributed by atoms with Crippen LogP contribution in [-0.2, 0) is 24.3 Å². The van der Waals surface area contributed by atoms with Crippen LogP contribution in [0.25, 0.3) is 22.2 Å². The SMILES string of the molecule is COc1ccc2c(O[C@@H]3C[C@@H](C(=O)N[C@]45C[C@H]4C=CCCCCCNc4ccccc4S(=O)(=O)NC5=O)N(C(=O)OC(C)(C)C)C3)cc(-c3ccccc3)nc2c1. The van der Waals surface area contributed by atoms with Gasteiger partial charge < -0.3 is 24.8 Å². The largest absolute Gasteiger partial charge is 0.497 e. The molecule has 57 heavy (non-hydrogen) atoms. The average molecular weight is 796 g/mol. The van der Waals surface area contributed by atoms with Crippen LogP contribution in [0.2, 0.25) is 0 Å². The minimum Gasteiger partial charge on any atom is -0.497 e. The van der Waals surface area contributed by atoms with Gasteiger partial charge in [0.05, 0.1) is 30.6 Å². The standard InChI is InChI=1S/C43H49N5O8S/c1-42(2,3)56-41(51)48-27-31(55-37-25-34(28-15-9-8-10-16-28)45-35-23-30(54-4)20-21-32(35)37)24-36(48)39(49)46-43-26-29(43)17-11-6-5-7-14-22-44-33-18-12-13-19-38(33)57(52,53)47-40(43)50/h8-13,15-21,23,25,29,31,36,44H,5-7,14,22,24,26-27H2,1-4H3,(H,46,49)(H,47,50)/t29-,31-,36+,43-/m1/s1. The van der Waals surface area contributed by atoms with Crippen molar-refractivity contribution in [2.24, 2.45) is 5.92 Å². The van der Waals surface area contributed by atoms with Crippen LogP contribution in [0.1, 0.15) is 59.3 Å². The summed E-state index contributed by atoms with van der Waals surface area (Å²) in [4.78, 5) is 48.5. The van der Waals surface area contributed by atoms with Crippen molar-refractivity contribution in [3.8, 4) is 22.8 Å². The third-order valence-corrected chi connectivity index (χ3v) is 11.8. The highest BCUT2D eigenvalue weighted by molar-refractivity contribution is 7.90. The number of benzene rings is 3. The first-order chi connectivity index (χ1) is 27.3.